The Morgan fingerprint density at radius 3 is 2.64 bits per heavy atom. The maximum atomic E-state index is 13.1. The number of fused-ring (bicyclic) bond motifs is 3. The number of hydrogen-bond donors (Lipinski definition) is 1. The van der Waals surface area contributed by atoms with Crippen LogP contribution in [0, 0.1) is 5.82 Å². The van der Waals surface area contributed by atoms with Gasteiger partial charge in [-0.3, -0.25) is 0 Å². The number of aromatic amines is 1. The second-order valence-corrected chi connectivity index (χ2v) is 8.12. The predicted octanol–water partition coefficient (Wildman–Crippen LogP) is 2.93. The summed E-state index contributed by atoms with van der Waals surface area (Å²) in [4.78, 5) is 3.29. The van der Waals surface area contributed by atoms with Crippen LogP contribution >= 0.6 is 0 Å². The molecule has 130 valence electrons. The number of rotatable bonds is 3. The monoisotopic (exact) mass is 360 g/mol. The molecule has 25 heavy (non-hydrogen) atoms. The van der Waals surface area contributed by atoms with Crippen LogP contribution in [0.1, 0.15) is 5.56 Å². The van der Waals surface area contributed by atoms with Gasteiger partial charge in [0.05, 0.1) is 10.9 Å². The lowest BCUT2D eigenvalue weighted by Crippen LogP contribution is -2.44. The molecule has 3 aromatic rings. The van der Waals surface area contributed by atoms with Gasteiger partial charge in [0.25, 0.3) is 0 Å². The molecule has 0 radical (unpaired) electrons. The lowest BCUT2D eigenvalue weighted by molar-refractivity contribution is 0.193. The molecule has 1 atom stereocenters. The summed E-state index contributed by atoms with van der Waals surface area (Å²) >= 11 is 0. The molecule has 1 N–H and O–H groups in total. The molecule has 2 heterocycles. The summed E-state index contributed by atoms with van der Waals surface area (Å²) in [5, 5.41) is 1.04. The summed E-state index contributed by atoms with van der Waals surface area (Å²) in [5.41, 5.74) is 1.95. The topological polar surface area (TPSA) is 62.4 Å². The molecule has 5 nitrogen and oxygen atoms in total. The van der Waals surface area contributed by atoms with Gasteiger partial charge < -0.3 is 9.72 Å². The van der Waals surface area contributed by atoms with Crippen LogP contribution in [0.25, 0.3) is 10.9 Å². The molecule has 0 spiro atoms. The predicted molar refractivity (Wildman–Crippen MR) is 92.6 cm³/mol. The number of aromatic nitrogens is 1. The average molecular weight is 360 g/mol. The first kappa shape index (κ1) is 16.1. The molecule has 0 saturated heterocycles. The van der Waals surface area contributed by atoms with Gasteiger partial charge in [-0.1, -0.05) is 18.2 Å². The van der Waals surface area contributed by atoms with Crippen molar-refractivity contribution in [2.75, 3.05) is 13.7 Å². The number of likely N-dealkylation sites (N-methyl/N-ethyl adjacent to an activating group) is 1. The first-order chi connectivity index (χ1) is 12.0. The van der Waals surface area contributed by atoms with Crippen molar-refractivity contribution < 1.29 is 17.5 Å². The van der Waals surface area contributed by atoms with Gasteiger partial charge in [0.15, 0.2) is 5.88 Å². The van der Waals surface area contributed by atoms with Gasteiger partial charge in [-0.15, -0.1) is 0 Å². The highest BCUT2D eigenvalue weighted by molar-refractivity contribution is 7.89. The zero-order valence-electron chi connectivity index (χ0n) is 13.6. The molecular weight excluding hydrogens is 343 g/mol. The molecule has 1 aliphatic heterocycles. The Balaban J connectivity index is 1.65. The van der Waals surface area contributed by atoms with Crippen molar-refractivity contribution >= 4 is 20.9 Å². The Bertz CT molecular complexity index is 1030. The number of hydrogen-bond acceptors (Lipinski definition) is 3. The highest BCUT2D eigenvalue weighted by atomic mass is 32.2. The summed E-state index contributed by atoms with van der Waals surface area (Å²) in [6.45, 7) is 0.261. The smallest absolute Gasteiger partial charge is 0.243 e. The maximum absolute atomic E-state index is 13.1. The summed E-state index contributed by atoms with van der Waals surface area (Å²) in [6.07, 6.45) is 0.552. The molecule has 7 heteroatoms. The van der Waals surface area contributed by atoms with E-state index in [4.69, 9.17) is 4.74 Å². The molecule has 0 fully saturated rings. The molecule has 1 aliphatic rings. The lowest BCUT2D eigenvalue weighted by Gasteiger charge is -2.30. The number of nitrogens with zero attached hydrogens (tertiary/aromatic N) is 1. The third kappa shape index (κ3) is 2.69. The van der Waals surface area contributed by atoms with Crippen molar-refractivity contribution in [2.45, 2.75) is 17.4 Å². The Morgan fingerprint density at radius 1 is 1.16 bits per heavy atom. The van der Waals surface area contributed by atoms with Crippen LogP contribution in [-0.2, 0) is 16.4 Å². The van der Waals surface area contributed by atoms with Gasteiger partial charge in [0, 0.05) is 23.5 Å². The number of nitrogens with one attached hydrogen (secondary N) is 1. The van der Waals surface area contributed by atoms with Gasteiger partial charge in [0.2, 0.25) is 10.0 Å². The van der Waals surface area contributed by atoms with E-state index in [0.29, 0.717) is 12.3 Å². The third-order valence-electron chi connectivity index (χ3n) is 4.64. The molecule has 0 amide bonds. The summed E-state index contributed by atoms with van der Waals surface area (Å²) in [7, 11) is -2.18. The zero-order valence-corrected chi connectivity index (χ0v) is 14.4. The van der Waals surface area contributed by atoms with Crippen molar-refractivity contribution in [1.29, 1.82) is 0 Å². The van der Waals surface area contributed by atoms with E-state index in [2.05, 4.69) is 4.98 Å². The minimum absolute atomic E-state index is 0.0705. The van der Waals surface area contributed by atoms with Gasteiger partial charge >= 0.3 is 0 Å². The van der Waals surface area contributed by atoms with Gasteiger partial charge in [-0.25, -0.2) is 12.8 Å². The van der Waals surface area contributed by atoms with E-state index in [1.54, 1.807) is 0 Å². The Kier molecular flexibility index (Phi) is 3.77. The van der Waals surface area contributed by atoms with Crippen LogP contribution < -0.4 is 4.74 Å². The Labute approximate surface area is 145 Å². The molecule has 0 aliphatic carbocycles. The number of halogens is 1. The van der Waals surface area contributed by atoms with Gasteiger partial charge in [-0.2, -0.15) is 4.31 Å². The fraction of sp³-hybridized carbons (Fsp3) is 0.222. The Morgan fingerprint density at radius 2 is 1.88 bits per heavy atom. The number of para-hydroxylation sites is 1. The van der Waals surface area contributed by atoms with Crippen molar-refractivity contribution in [1.82, 2.24) is 9.29 Å². The van der Waals surface area contributed by atoms with E-state index in [0.717, 1.165) is 28.6 Å². The van der Waals surface area contributed by atoms with Crippen LogP contribution in [-0.4, -0.2) is 37.4 Å². The fourth-order valence-corrected chi connectivity index (χ4v) is 4.52. The number of H-pyrrole nitrogens is 1. The highest BCUT2D eigenvalue weighted by Gasteiger charge is 2.33. The van der Waals surface area contributed by atoms with Crippen molar-refractivity contribution in [2.24, 2.45) is 0 Å². The van der Waals surface area contributed by atoms with Gasteiger partial charge in [0.1, 0.15) is 12.4 Å². The molecule has 4 rings (SSSR count). The SMILES string of the molecule is CN([C@@H]1COc2[nH]c3ccccc3c2C1)S(=O)(=O)c1ccc(F)cc1. The van der Waals surface area contributed by atoms with Crippen molar-refractivity contribution in [3.05, 3.63) is 59.9 Å². The number of benzene rings is 2. The van der Waals surface area contributed by atoms with E-state index in [1.807, 2.05) is 24.3 Å². The summed E-state index contributed by atoms with van der Waals surface area (Å²) in [6, 6.07) is 12.4. The van der Waals surface area contributed by atoms with Crippen LogP contribution in [0.3, 0.4) is 0 Å². The molecule has 0 bridgehead atoms. The first-order valence-electron chi connectivity index (χ1n) is 7.93. The van der Waals surface area contributed by atoms with Crippen molar-refractivity contribution in [3.8, 4) is 5.88 Å². The quantitative estimate of drug-likeness (QED) is 0.781. The molecule has 1 aromatic heterocycles. The van der Waals surface area contributed by atoms with E-state index in [1.165, 1.54) is 23.5 Å². The van der Waals surface area contributed by atoms with Crippen LogP contribution in [0.4, 0.5) is 4.39 Å². The van der Waals surface area contributed by atoms with Crippen molar-refractivity contribution in [3.63, 3.8) is 0 Å². The summed E-state index contributed by atoms with van der Waals surface area (Å²) < 4.78 is 45.8. The second kappa shape index (κ2) is 5.86. The molecule has 0 unspecified atom stereocenters. The maximum Gasteiger partial charge on any atom is 0.243 e. The fourth-order valence-electron chi connectivity index (χ4n) is 3.18. The molecule has 0 saturated carbocycles. The van der Waals surface area contributed by atoms with E-state index in [-0.39, 0.29) is 17.5 Å². The third-order valence-corrected chi connectivity index (χ3v) is 6.56. The second-order valence-electron chi connectivity index (χ2n) is 6.12. The minimum atomic E-state index is -3.72. The van der Waals surface area contributed by atoms with E-state index in [9.17, 15) is 12.8 Å². The summed E-state index contributed by atoms with van der Waals surface area (Å²) in [5.74, 6) is 0.232. The van der Waals surface area contributed by atoms with Gasteiger partial charge in [-0.05, 0) is 36.8 Å². The van der Waals surface area contributed by atoms with Crippen LogP contribution in [0.5, 0.6) is 5.88 Å². The van der Waals surface area contributed by atoms with Crippen LogP contribution in [0.15, 0.2) is 53.4 Å². The number of sulfonamides is 1. The minimum Gasteiger partial charge on any atom is -0.477 e. The normalized spacial score (nSPS) is 17.5. The molecule has 2 aromatic carbocycles. The Hall–Kier alpha value is -2.38. The molecular formula is C18H17FN2O3S. The zero-order chi connectivity index (χ0) is 17.6. The largest absolute Gasteiger partial charge is 0.477 e. The number of ether oxygens (including phenoxy) is 1. The van der Waals surface area contributed by atoms with E-state index < -0.39 is 15.8 Å². The standard InChI is InChI=1S/C18H17FN2O3S/c1-21(25(22,23)14-8-6-12(19)7-9-14)13-10-16-15-4-2-3-5-17(15)20-18(16)24-11-13/h2-9,13,20H,10-11H2,1H3/t13-/m0/s1. The highest BCUT2D eigenvalue weighted by Crippen LogP contribution is 2.34. The average Bonchev–Trinajstić information content (AvgIpc) is 2.99. The van der Waals surface area contributed by atoms with E-state index >= 15 is 0 Å². The van der Waals surface area contributed by atoms with Crippen LogP contribution in [0.2, 0.25) is 0 Å². The first-order valence-corrected chi connectivity index (χ1v) is 9.37. The lowest BCUT2D eigenvalue weighted by atomic mass is 10.0.